The van der Waals surface area contributed by atoms with Crippen molar-refractivity contribution >= 4 is 22.7 Å². The highest BCUT2D eigenvalue weighted by Gasteiger charge is 2.69. The molecule has 0 N–H and O–H groups in total. The van der Waals surface area contributed by atoms with Crippen molar-refractivity contribution in [2.24, 2.45) is 22.7 Å². The minimum Gasteiger partial charge on any atom is -0.299 e. The number of Topliss-reactive ketones (excluding diaryl/α,β-unsaturated/α-hetero) is 2. The highest BCUT2D eigenvalue weighted by molar-refractivity contribution is 6.03. The van der Waals surface area contributed by atoms with E-state index in [0.29, 0.717) is 36.2 Å². The number of hydrogen-bond acceptors (Lipinski definition) is 4. The lowest BCUT2D eigenvalue weighted by atomic mass is 9.68. The van der Waals surface area contributed by atoms with E-state index < -0.39 is 0 Å². The van der Waals surface area contributed by atoms with Crippen LogP contribution in [0.25, 0.3) is 11.1 Å². The SMILES string of the molecule is CN(C)C12CC(=O)C3(C=C1c1ccc(C4=CC56CCCCC5C4(N(C)C)CC6=O)cc1)CCCCC32. The average molecular weight is 485 g/mol. The van der Waals surface area contributed by atoms with Gasteiger partial charge >= 0.3 is 0 Å². The van der Waals surface area contributed by atoms with Crippen LogP contribution in [-0.2, 0) is 9.59 Å². The second-order valence-corrected chi connectivity index (χ2v) is 13.2. The predicted molar refractivity (Wildman–Crippen MR) is 143 cm³/mol. The van der Waals surface area contributed by atoms with E-state index in [1.807, 2.05) is 0 Å². The molecule has 4 bridgehead atoms. The third-order valence-corrected chi connectivity index (χ3v) is 11.8. The van der Waals surface area contributed by atoms with Gasteiger partial charge < -0.3 is 0 Å². The van der Waals surface area contributed by atoms with E-state index in [9.17, 15) is 9.59 Å². The summed E-state index contributed by atoms with van der Waals surface area (Å²) in [6.45, 7) is 0. The van der Waals surface area contributed by atoms with Gasteiger partial charge in [0.1, 0.15) is 11.6 Å². The van der Waals surface area contributed by atoms with Gasteiger partial charge in [0.25, 0.3) is 0 Å². The number of nitrogens with zero attached hydrogens (tertiary/aromatic N) is 2. The second-order valence-electron chi connectivity index (χ2n) is 13.2. The standard InChI is InChI=1S/C32H40N2O2/c1-33(2)31-19-27(35)29(15-7-5-9-25(29)31)17-23(31)21-11-13-22(14-12-21)24-18-30-16-8-6-10-26(30)32(24,34(3)4)20-28(30)36/h11-14,17-18,25-26H,5-10,15-16,19-20H2,1-4H3. The quantitative estimate of drug-likeness (QED) is 0.575. The van der Waals surface area contributed by atoms with Crippen molar-refractivity contribution in [3.8, 4) is 0 Å². The zero-order valence-electron chi connectivity index (χ0n) is 22.4. The summed E-state index contributed by atoms with van der Waals surface area (Å²) in [5.41, 5.74) is 4.45. The molecular weight excluding hydrogens is 444 g/mol. The molecule has 0 heterocycles. The van der Waals surface area contributed by atoms with Crippen LogP contribution in [0, 0.1) is 22.7 Å². The summed E-state index contributed by atoms with van der Waals surface area (Å²) < 4.78 is 0. The van der Waals surface area contributed by atoms with Gasteiger partial charge in [-0.1, -0.05) is 62.1 Å². The summed E-state index contributed by atoms with van der Waals surface area (Å²) in [4.78, 5) is 31.3. The molecule has 6 atom stereocenters. The molecule has 0 saturated heterocycles. The molecule has 1 aromatic carbocycles. The monoisotopic (exact) mass is 484 g/mol. The third-order valence-electron chi connectivity index (χ3n) is 11.8. The minimum absolute atomic E-state index is 0.171. The summed E-state index contributed by atoms with van der Waals surface area (Å²) in [5.74, 6) is 1.75. The van der Waals surface area contributed by atoms with Crippen molar-refractivity contribution < 1.29 is 9.59 Å². The largest absolute Gasteiger partial charge is 0.299 e. The van der Waals surface area contributed by atoms with Gasteiger partial charge in [0.2, 0.25) is 0 Å². The maximum Gasteiger partial charge on any atom is 0.145 e. The molecule has 4 heteroatoms. The van der Waals surface area contributed by atoms with E-state index >= 15 is 0 Å². The van der Waals surface area contributed by atoms with Gasteiger partial charge in [0.15, 0.2) is 0 Å². The fourth-order valence-corrected chi connectivity index (χ4v) is 10.2. The molecule has 190 valence electrons. The van der Waals surface area contributed by atoms with E-state index in [0.717, 1.165) is 38.5 Å². The Balaban J connectivity index is 1.30. The molecule has 6 unspecified atom stereocenters. The van der Waals surface area contributed by atoms with Gasteiger partial charge in [-0.3, -0.25) is 19.4 Å². The van der Waals surface area contributed by atoms with E-state index in [1.54, 1.807) is 0 Å². The highest BCUT2D eigenvalue weighted by atomic mass is 16.1. The Morgan fingerprint density at radius 2 is 1.03 bits per heavy atom. The first kappa shape index (κ1) is 23.1. The van der Waals surface area contributed by atoms with Crippen LogP contribution in [0.4, 0.5) is 0 Å². The first-order chi connectivity index (χ1) is 17.2. The molecule has 0 radical (unpaired) electrons. The molecule has 0 aromatic heterocycles. The Morgan fingerprint density at radius 3 is 1.39 bits per heavy atom. The molecule has 4 saturated carbocycles. The molecule has 4 fully saturated rings. The predicted octanol–water partition coefficient (Wildman–Crippen LogP) is 5.38. The molecule has 7 rings (SSSR count). The van der Waals surface area contributed by atoms with Gasteiger partial charge in [0, 0.05) is 12.8 Å². The zero-order chi connectivity index (χ0) is 25.1. The summed E-state index contributed by atoms with van der Waals surface area (Å²) in [6, 6.07) is 9.22. The van der Waals surface area contributed by atoms with Crippen molar-refractivity contribution in [2.75, 3.05) is 28.2 Å². The lowest BCUT2D eigenvalue weighted by molar-refractivity contribution is -0.126. The van der Waals surface area contributed by atoms with Crippen molar-refractivity contribution in [1.29, 1.82) is 0 Å². The van der Waals surface area contributed by atoms with Gasteiger partial charge in [-0.2, -0.15) is 0 Å². The van der Waals surface area contributed by atoms with Crippen LogP contribution in [0.3, 0.4) is 0 Å². The van der Waals surface area contributed by atoms with Gasteiger partial charge in [-0.05, 0) is 88.0 Å². The second kappa shape index (κ2) is 7.29. The fourth-order valence-electron chi connectivity index (χ4n) is 10.2. The van der Waals surface area contributed by atoms with Gasteiger partial charge in [-0.15, -0.1) is 0 Å². The number of rotatable bonds is 4. The molecule has 0 amide bonds. The van der Waals surface area contributed by atoms with E-state index in [-0.39, 0.29) is 21.9 Å². The average Bonchev–Trinajstić information content (AvgIpc) is 3.52. The Kier molecular flexibility index (Phi) is 4.68. The molecule has 0 spiro atoms. The Hall–Kier alpha value is -2.04. The number of allylic oxidation sites excluding steroid dienone is 2. The van der Waals surface area contributed by atoms with E-state index in [1.165, 1.54) is 35.1 Å². The minimum atomic E-state index is -0.242. The van der Waals surface area contributed by atoms with Crippen LogP contribution in [0.2, 0.25) is 0 Å². The molecule has 6 aliphatic carbocycles. The number of ketones is 2. The summed E-state index contributed by atoms with van der Waals surface area (Å²) in [6.07, 6.45) is 15.2. The summed E-state index contributed by atoms with van der Waals surface area (Å²) in [7, 11) is 8.68. The maximum absolute atomic E-state index is 13.3. The van der Waals surface area contributed by atoms with Crippen molar-refractivity contribution in [3.05, 3.63) is 47.5 Å². The van der Waals surface area contributed by atoms with Gasteiger partial charge in [-0.25, -0.2) is 0 Å². The first-order valence-electron chi connectivity index (χ1n) is 14.2. The lowest BCUT2D eigenvalue weighted by Gasteiger charge is -2.43. The normalized spacial score (nSPS) is 42.7. The Labute approximate surface area is 215 Å². The fraction of sp³-hybridized carbons (Fsp3) is 0.625. The first-order valence-corrected chi connectivity index (χ1v) is 14.2. The van der Waals surface area contributed by atoms with E-state index in [2.05, 4.69) is 74.4 Å². The number of likely N-dealkylation sites (N-methyl/N-ethyl adjacent to an activating group) is 2. The summed E-state index contributed by atoms with van der Waals surface area (Å²) in [5, 5.41) is 0. The molecule has 6 aliphatic rings. The van der Waals surface area contributed by atoms with E-state index in [4.69, 9.17) is 0 Å². The van der Waals surface area contributed by atoms with Crippen LogP contribution in [0.1, 0.15) is 75.3 Å². The van der Waals surface area contributed by atoms with Crippen molar-refractivity contribution in [2.45, 2.75) is 75.3 Å². The number of hydrogen-bond donors (Lipinski definition) is 0. The lowest BCUT2D eigenvalue weighted by Crippen LogP contribution is -2.48. The van der Waals surface area contributed by atoms with Gasteiger partial charge in [0.05, 0.1) is 21.9 Å². The van der Waals surface area contributed by atoms with Crippen LogP contribution >= 0.6 is 0 Å². The van der Waals surface area contributed by atoms with Crippen LogP contribution in [0.5, 0.6) is 0 Å². The molecule has 0 aliphatic heterocycles. The molecular formula is C32H40N2O2. The van der Waals surface area contributed by atoms with Crippen molar-refractivity contribution in [3.63, 3.8) is 0 Å². The topological polar surface area (TPSA) is 40.6 Å². The molecule has 36 heavy (non-hydrogen) atoms. The van der Waals surface area contributed by atoms with Crippen LogP contribution in [0.15, 0.2) is 36.4 Å². The molecule has 1 aromatic rings. The summed E-state index contributed by atoms with van der Waals surface area (Å²) >= 11 is 0. The third kappa shape index (κ3) is 2.44. The number of carbonyl (C=O) groups excluding carboxylic acids is 2. The Morgan fingerprint density at radius 1 is 0.639 bits per heavy atom. The Bertz CT molecular complexity index is 1130. The number of benzene rings is 1. The maximum atomic E-state index is 13.3. The van der Waals surface area contributed by atoms with Crippen LogP contribution in [-0.4, -0.2) is 60.6 Å². The van der Waals surface area contributed by atoms with Crippen molar-refractivity contribution in [1.82, 2.24) is 9.80 Å². The smallest absolute Gasteiger partial charge is 0.145 e. The molecule has 4 nitrogen and oxygen atoms in total. The highest BCUT2D eigenvalue weighted by Crippen LogP contribution is 2.68. The van der Waals surface area contributed by atoms with Crippen LogP contribution < -0.4 is 0 Å². The zero-order valence-corrected chi connectivity index (χ0v) is 22.4. The number of carbonyl (C=O) groups is 2.